The van der Waals surface area contributed by atoms with Crippen molar-refractivity contribution in [3.05, 3.63) is 53.5 Å². The van der Waals surface area contributed by atoms with Crippen LogP contribution in [0.2, 0.25) is 0 Å². The predicted molar refractivity (Wildman–Crippen MR) is 92.7 cm³/mol. The first-order valence-electron chi connectivity index (χ1n) is 8.80. The minimum atomic E-state index is -4.27. The largest absolute Gasteiger partial charge is 0.416 e. The van der Waals surface area contributed by atoms with Crippen LogP contribution in [0.25, 0.3) is 0 Å². The third-order valence-electron chi connectivity index (χ3n) is 5.36. The molecule has 0 saturated carbocycles. The topological polar surface area (TPSA) is 32.3 Å². The van der Waals surface area contributed by atoms with Crippen LogP contribution < -0.4 is 4.90 Å². The van der Waals surface area contributed by atoms with E-state index < -0.39 is 11.7 Å². The molecule has 3 heterocycles. The highest BCUT2D eigenvalue weighted by molar-refractivity contribution is 5.40. The normalized spacial score (nSPS) is 23.5. The third-order valence-corrected chi connectivity index (χ3v) is 5.36. The van der Waals surface area contributed by atoms with Gasteiger partial charge >= 0.3 is 6.18 Å². The molecule has 1 aromatic carbocycles. The van der Waals surface area contributed by atoms with E-state index in [1.54, 1.807) is 18.5 Å². The summed E-state index contributed by atoms with van der Waals surface area (Å²) in [5.41, 5.74) is 1.31. The molecule has 0 N–H and O–H groups in total. The molecule has 2 unspecified atom stereocenters. The fourth-order valence-corrected chi connectivity index (χ4v) is 4.08. The Bertz CT molecular complexity index is 761. The number of anilines is 1. The monoisotopic (exact) mass is 362 g/mol. The van der Waals surface area contributed by atoms with Gasteiger partial charge in [0.25, 0.3) is 0 Å². The first-order valence-corrected chi connectivity index (χ1v) is 8.80. The number of benzene rings is 1. The molecular weight excluding hydrogens is 341 g/mol. The molecule has 0 aliphatic carbocycles. The minimum Gasteiger partial charge on any atom is -0.356 e. The first-order chi connectivity index (χ1) is 12.4. The highest BCUT2D eigenvalue weighted by atomic mass is 19.4. The van der Waals surface area contributed by atoms with Gasteiger partial charge in [0, 0.05) is 44.5 Å². The number of fused-ring (bicyclic) bond motifs is 1. The Morgan fingerprint density at radius 3 is 2.23 bits per heavy atom. The van der Waals surface area contributed by atoms with Crippen molar-refractivity contribution in [3.63, 3.8) is 0 Å². The van der Waals surface area contributed by atoms with Crippen LogP contribution in [-0.4, -0.2) is 41.0 Å². The Morgan fingerprint density at radius 2 is 1.65 bits per heavy atom. The third kappa shape index (κ3) is 3.53. The van der Waals surface area contributed by atoms with Gasteiger partial charge in [0.15, 0.2) is 0 Å². The van der Waals surface area contributed by atoms with E-state index in [-0.39, 0.29) is 0 Å². The van der Waals surface area contributed by atoms with Gasteiger partial charge in [-0.3, -0.25) is 4.90 Å². The molecule has 4 nitrogen and oxygen atoms in total. The molecule has 0 spiro atoms. The summed E-state index contributed by atoms with van der Waals surface area (Å²) in [4.78, 5) is 13.2. The smallest absolute Gasteiger partial charge is 0.356 e. The van der Waals surface area contributed by atoms with E-state index in [9.17, 15) is 13.2 Å². The van der Waals surface area contributed by atoms with Gasteiger partial charge in [-0.15, -0.1) is 0 Å². The molecule has 26 heavy (non-hydrogen) atoms. The zero-order valence-corrected chi connectivity index (χ0v) is 14.6. The number of likely N-dealkylation sites (tertiary alicyclic amines) is 1. The van der Waals surface area contributed by atoms with Crippen molar-refractivity contribution in [1.82, 2.24) is 14.9 Å². The number of aryl methyl sites for hydroxylation is 1. The molecule has 138 valence electrons. The average Bonchev–Trinajstić information content (AvgIpc) is 3.13. The van der Waals surface area contributed by atoms with Crippen molar-refractivity contribution < 1.29 is 13.2 Å². The maximum atomic E-state index is 12.7. The highest BCUT2D eigenvalue weighted by Gasteiger charge is 2.40. The highest BCUT2D eigenvalue weighted by Crippen LogP contribution is 2.34. The molecule has 2 fully saturated rings. The van der Waals surface area contributed by atoms with Crippen molar-refractivity contribution in [2.75, 3.05) is 31.1 Å². The molecule has 0 bridgehead atoms. The van der Waals surface area contributed by atoms with E-state index in [4.69, 9.17) is 0 Å². The molecule has 2 atom stereocenters. The Labute approximate surface area is 150 Å². The molecule has 0 radical (unpaired) electrons. The van der Waals surface area contributed by atoms with Gasteiger partial charge in [0.1, 0.15) is 12.1 Å². The summed E-state index contributed by atoms with van der Waals surface area (Å²) >= 11 is 0. The fourth-order valence-electron chi connectivity index (χ4n) is 4.08. The van der Waals surface area contributed by atoms with E-state index in [0.717, 1.165) is 43.3 Å². The van der Waals surface area contributed by atoms with E-state index in [1.807, 2.05) is 13.0 Å². The number of alkyl halides is 3. The summed E-state index contributed by atoms with van der Waals surface area (Å²) in [6, 6.07) is 7.54. The van der Waals surface area contributed by atoms with Crippen LogP contribution in [0.1, 0.15) is 16.8 Å². The van der Waals surface area contributed by atoms with Crippen molar-refractivity contribution >= 4 is 5.82 Å². The zero-order chi connectivity index (χ0) is 18.3. The summed E-state index contributed by atoms with van der Waals surface area (Å²) < 4.78 is 38.0. The molecule has 2 saturated heterocycles. The second kappa shape index (κ2) is 6.54. The average molecular weight is 362 g/mol. The minimum absolute atomic E-state index is 0.583. The van der Waals surface area contributed by atoms with Crippen LogP contribution in [0.15, 0.2) is 36.7 Å². The number of rotatable bonds is 3. The van der Waals surface area contributed by atoms with Gasteiger partial charge in [0.05, 0.1) is 5.56 Å². The van der Waals surface area contributed by atoms with Crippen LogP contribution in [0, 0.1) is 18.8 Å². The van der Waals surface area contributed by atoms with E-state index in [0.29, 0.717) is 18.4 Å². The lowest BCUT2D eigenvalue weighted by Crippen LogP contribution is -2.29. The molecule has 2 aliphatic rings. The van der Waals surface area contributed by atoms with Gasteiger partial charge in [-0.05, 0) is 36.5 Å². The lowest BCUT2D eigenvalue weighted by Gasteiger charge is -2.22. The summed E-state index contributed by atoms with van der Waals surface area (Å²) in [7, 11) is 0. The first kappa shape index (κ1) is 17.3. The second-order valence-electron chi connectivity index (χ2n) is 7.33. The zero-order valence-electron chi connectivity index (χ0n) is 14.6. The number of hydrogen-bond donors (Lipinski definition) is 0. The number of nitrogens with zero attached hydrogens (tertiary/aromatic N) is 4. The molecule has 4 rings (SSSR count). The van der Waals surface area contributed by atoms with Gasteiger partial charge < -0.3 is 4.90 Å². The van der Waals surface area contributed by atoms with Crippen LogP contribution in [0.5, 0.6) is 0 Å². The molecule has 0 amide bonds. The van der Waals surface area contributed by atoms with E-state index in [2.05, 4.69) is 19.8 Å². The summed E-state index contributed by atoms with van der Waals surface area (Å²) in [6.07, 6.45) is -2.66. The second-order valence-corrected chi connectivity index (χ2v) is 7.33. The van der Waals surface area contributed by atoms with Gasteiger partial charge in [-0.1, -0.05) is 12.1 Å². The van der Waals surface area contributed by atoms with Crippen LogP contribution >= 0.6 is 0 Å². The lowest BCUT2D eigenvalue weighted by molar-refractivity contribution is -0.137. The van der Waals surface area contributed by atoms with Crippen molar-refractivity contribution in [1.29, 1.82) is 0 Å². The van der Waals surface area contributed by atoms with Crippen molar-refractivity contribution in [2.24, 2.45) is 11.8 Å². The number of hydrogen-bond acceptors (Lipinski definition) is 4. The Kier molecular flexibility index (Phi) is 4.34. The fraction of sp³-hybridized carbons (Fsp3) is 0.474. The Balaban J connectivity index is 1.35. The summed E-state index contributed by atoms with van der Waals surface area (Å²) in [6.45, 7) is 6.58. The molecule has 2 aromatic rings. The molecular formula is C19H21F3N4. The van der Waals surface area contributed by atoms with E-state index in [1.165, 1.54) is 12.1 Å². The molecule has 7 heteroatoms. The van der Waals surface area contributed by atoms with Crippen molar-refractivity contribution in [2.45, 2.75) is 19.6 Å². The predicted octanol–water partition coefficient (Wildman–Crippen LogP) is 3.37. The van der Waals surface area contributed by atoms with E-state index >= 15 is 0 Å². The summed E-state index contributed by atoms with van der Waals surface area (Å²) in [5.74, 6) is 2.15. The van der Waals surface area contributed by atoms with Gasteiger partial charge in [0.2, 0.25) is 0 Å². The van der Waals surface area contributed by atoms with Crippen molar-refractivity contribution in [3.8, 4) is 0 Å². The summed E-state index contributed by atoms with van der Waals surface area (Å²) in [5, 5.41) is 0. The Hall–Kier alpha value is -2.15. The SMILES string of the molecule is Cc1cc(N2CC3CN(Cc4ccc(C(F)(F)F)cc4)CC3C2)ncn1. The van der Waals surface area contributed by atoms with Crippen LogP contribution in [0.4, 0.5) is 19.0 Å². The molecule has 1 aromatic heterocycles. The number of aromatic nitrogens is 2. The lowest BCUT2D eigenvalue weighted by atomic mass is 10.0. The molecule has 2 aliphatic heterocycles. The van der Waals surface area contributed by atoms with Crippen LogP contribution in [-0.2, 0) is 12.7 Å². The maximum Gasteiger partial charge on any atom is 0.416 e. The quantitative estimate of drug-likeness (QED) is 0.838. The van der Waals surface area contributed by atoms with Gasteiger partial charge in [-0.2, -0.15) is 13.2 Å². The standard InChI is InChI=1S/C19H21F3N4/c1-13-6-18(24-12-23-13)26-10-15-8-25(9-16(15)11-26)7-14-2-4-17(5-3-14)19(20,21)22/h2-6,12,15-16H,7-11H2,1H3. The van der Waals surface area contributed by atoms with Gasteiger partial charge in [-0.25, -0.2) is 9.97 Å². The van der Waals surface area contributed by atoms with Crippen LogP contribution in [0.3, 0.4) is 0 Å². The Morgan fingerprint density at radius 1 is 1.00 bits per heavy atom. The maximum absolute atomic E-state index is 12.7. The number of halogens is 3.